The maximum Gasteiger partial charge on any atom is 0.124 e. The first kappa shape index (κ1) is 15.9. The average Bonchev–Trinajstić information content (AvgIpc) is 2.47. The fraction of sp³-hybridized carbons (Fsp3) is 0.368. The van der Waals surface area contributed by atoms with E-state index in [-0.39, 0.29) is 10.8 Å². The third-order valence-corrected chi connectivity index (χ3v) is 4.93. The maximum atomic E-state index is 6.83. The minimum Gasteiger partial charge on any atom is -0.496 e. The summed E-state index contributed by atoms with van der Waals surface area (Å²) in [6, 6.07) is 14.7. The van der Waals surface area contributed by atoms with E-state index in [4.69, 9.17) is 16.3 Å². The molecule has 0 aliphatic rings. The highest BCUT2D eigenvalue weighted by Gasteiger charge is 2.31. The van der Waals surface area contributed by atoms with E-state index in [1.165, 1.54) is 5.56 Å². The molecule has 0 aromatic heterocycles. The van der Waals surface area contributed by atoms with E-state index < -0.39 is 0 Å². The number of hydrogen-bond donors (Lipinski definition) is 0. The van der Waals surface area contributed by atoms with Crippen LogP contribution in [-0.2, 0) is 5.41 Å². The van der Waals surface area contributed by atoms with Gasteiger partial charge in [-0.05, 0) is 36.1 Å². The topological polar surface area (TPSA) is 9.23 Å². The van der Waals surface area contributed by atoms with Crippen molar-refractivity contribution in [3.05, 3.63) is 64.7 Å². The smallest absolute Gasteiger partial charge is 0.124 e. The van der Waals surface area contributed by atoms with Gasteiger partial charge < -0.3 is 4.74 Å². The van der Waals surface area contributed by atoms with Crippen molar-refractivity contribution >= 4 is 11.6 Å². The fourth-order valence-electron chi connectivity index (χ4n) is 2.88. The summed E-state index contributed by atoms with van der Waals surface area (Å²) in [7, 11) is 1.71. The van der Waals surface area contributed by atoms with Gasteiger partial charge in [-0.1, -0.05) is 56.3 Å². The summed E-state index contributed by atoms with van der Waals surface area (Å²) in [4.78, 5) is 0. The monoisotopic (exact) mass is 302 g/mol. The van der Waals surface area contributed by atoms with Crippen LogP contribution >= 0.6 is 11.6 Å². The van der Waals surface area contributed by atoms with E-state index in [2.05, 4.69) is 64.1 Å². The van der Waals surface area contributed by atoms with Crippen LogP contribution in [0.1, 0.15) is 41.5 Å². The Morgan fingerprint density at radius 1 is 1.00 bits per heavy atom. The van der Waals surface area contributed by atoms with E-state index in [1.807, 2.05) is 6.07 Å². The van der Waals surface area contributed by atoms with Crippen molar-refractivity contribution < 1.29 is 4.74 Å². The molecule has 0 bridgehead atoms. The van der Waals surface area contributed by atoms with Crippen molar-refractivity contribution in [2.24, 2.45) is 0 Å². The van der Waals surface area contributed by atoms with Gasteiger partial charge in [0.2, 0.25) is 0 Å². The zero-order valence-electron chi connectivity index (χ0n) is 13.4. The molecule has 1 nitrogen and oxygen atoms in total. The predicted octanol–water partition coefficient (Wildman–Crippen LogP) is 5.57. The second-order valence-corrected chi connectivity index (χ2v) is 6.57. The standard InChI is InChI=1S/C19H23ClO/c1-13-11-15(12-14(2)17(13)21-5)18(20)19(3,4)16-9-7-6-8-10-16/h6-12,18H,1-5H3. The van der Waals surface area contributed by atoms with Gasteiger partial charge in [0, 0.05) is 5.41 Å². The molecule has 0 fully saturated rings. The molecule has 2 heteroatoms. The molecule has 0 aliphatic carbocycles. The van der Waals surface area contributed by atoms with Crippen molar-refractivity contribution in [1.29, 1.82) is 0 Å². The van der Waals surface area contributed by atoms with Crippen molar-refractivity contribution in [3.63, 3.8) is 0 Å². The molecule has 0 N–H and O–H groups in total. The van der Waals surface area contributed by atoms with Gasteiger partial charge in [-0.25, -0.2) is 0 Å². The minimum atomic E-state index is -0.143. The van der Waals surface area contributed by atoms with Gasteiger partial charge in [-0.15, -0.1) is 11.6 Å². The number of alkyl halides is 1. The summed E-state index contributed by atoms with van der Waals surface area (Å²) in [6.07, 6.45) is 0. The van der Waals surface area contributed by atoms with E-state index in [0.717, 1.165) is 22.4 Å². The molecule has 1 atom stereocenters. The van der Waals surface area contributed by atoms with Gasteiger partial charge in [0.15, 0.2) is 0 Å². The van der Waals surface area contributed by atoms with Crippen LogP contribution in [0.25, 0.3) is 0 Å². The van der Waals surface area contributed by atoms with Gasteiger partial charge >= 0.3 is 0 Å². The van der Waals surface area contributed by atoms with Crippen LogP contribution in [0.4, 0.5) is 0 Å². The lowest BCUT2D eigenvalue weighted by atomic mass is 9.78. The Labute approximate surface area is 132 Å². The van der Waals surface area contributed by atoms with Crippen molar-refractivity contribution in [3.8, 4) is 5.75 Å². The van der Waals surface area contributed by atoms with E-state index >= 15 is 0 Å². The number of ether oxygens (including phenoxy) is 1. The zero-order chi connectivity index (χ0) is 15.6. The Balaban J connectivity index is 2.42. The van der Waals surface area contributed by atoms with Gasteiger partial charge in [0.1, 0.15) is 5.75 Å². The summed E-state index contributed by atoms with van der Waals surface area (Å²) in [5.41, 5.74) is 4.50. The first-order valence-electron chi connectivity index (χ1n) is 7.22. The van der Waals surface area contributed by atoms with E-state index in [0.29, 0.717) is 0 Å². The summed E-state index contributed by atoms with van der Waals surface area (Å²) < 4.78 is 5.44. The third-order valence-electron chi connectivity index (χ3n) is 4.13. The number of halogens is 1. The van der Waals surface area contributed by atoms with E-state index in [1.54, 1.807) is 7.11 Å². The Hall–Kier alpha value is -1.47. The Morgan fingerprint density at radius 3 is 2.00 bits per heavy atom. The molecule has 21 heavy (non-hydrogen) atoms. The zero-order valence-corrected chi connectivity index (χ0v) is 14.2. The summed E-state index contributed by atoms with van der Waals surface area (Å²) in [6.45, 7) is 8.51. The molecule has 112 valence electrons. The largest absolute Gasteiger partial charge is 0.496 e. The third kappa shape index (κ3) is 3.08. The molecular weight excluding hydrogens is 280 g/mol. The lowest BCUT2D eigenvalue weighted by Gasteiger charge is -2.31. The number of hydrogen-bond acceptors (Lipinski definition) is 1. The predicted molar refractivity (Wildman–Crippen MR) is 90.5 cm³/mol. The highest BCUT2D eigenvalue weighted by atomic mass is 35.5. The molecule has 2 aromatic carbocycles. The van der Waals surface area contributed by atoms with Gasteiger partial charge in [0.05, 0.1) is 12.5 Å². The molecule has 0 radical (unpaired) electrons. The highest BCUT2D eigenvalue weighted by Crippen LogP contribution is 2.43. The van der Waals surface area contributed by atoms with Crippen molar-refractivity contribution in [2.75, 3.05) is 7.11 Å². The van der Waals surface area contributed by atoms with Crippen LogP contribution in [0.15, 0.2) is 42.5 Å². The quantitative estimate of drug-likeness (QED) is 0.671. The lowest BCUT2D eigenvalue weighted by molar-refractivity contribution is 0.408. The summed E-state index contributed by atoms with van der Waals surface area (Å²) in [5, 5.41) is -0.0943. The van der Waals surface area contributed by atoms with Gasteiger partial charge in [-0.2, -0.15) is 0 Å². The van der Waals surface area contributed by atoms with Crippen LogP contribution in [0, 0.1) is 13.8 Å². The second-order valence-electron chi connectivity index (χ2n) is 6.14. The molecule has 2 rings (SSSR count). The Kier molecular flexibility index (Phi) is 4.63. The van der Waals surface area contributed by atoms with Gasteiger partial charge in [-0.3, -0.25) is 0 Å². The normalized spacial score (nSPS) is 13.0. The summed E-state index contributed by atoms with van der Waals surface area (Å²) >= 11 is 6.83. The Bertz CT molecular complexity index is 594. The number of benzene rings is 2. The fourth-order valence-corrected chi connectivity index (χ4v) is 3.13. The molecule has 1 unspecified atom stereocenters. The molecule has 0 saturated heterocycles. The summed E-state index contributed by atoms with van der Waals surface area (Å²) in [5.74, 6) is 0.945. The minimum absolute atomic E-state index is 0.0943. The molecule has 0 spiro atoms. The van der Waals surface area contributed by atoms with Crippen LogP contribution in [0.2, 0.25) is 0 Å². The van der Waals surface area contributed by atoms with Crippen molar-refractivity contribution in [2.45, 2.75) is 38.5 Å². The molecular formula is C19H23ClO. The van der Waals surface area contributed by atoms with Crippen LogP contribution in [0.5, 0.6) is 5.75 Å². The second kappa shape index (κ2) is 6.11. The van der Waals surface area contributed by atoms with Crippen LogP contribution < -0.4 is 4.74 Å². The number of aryl methyl sites for hydroxylation is 2. The highest BCUT2D eigenvalue weighted by molar-refractivity contribution is 6.21. The van der Waals surface area contributed by atoms with Crippen LogP contribution in [-0.4, -0.2) is 7.11 Å². The Morgan fingerprint density at radius 2 is 1.52 bits per heavy atom. The maximum absolute atomic E-state index is 6.83. The lowest BCUT2D eigenvalue weighted by Crippen LogP contribution is -2.23. The van der Waals surface area contributed by atoms with E-state index in [9.17, 15) is 0 Å². The van der Waals surface area contributed by atoms with Gasteiger partial charge in [0.25, 0.3) is 0 Å². The first-order valence-corrected chi connectivity index (χ1v) is 7.66. The number of methoxy groups -OCH3 is 1. The molecule has 0 heterocycles. The molecule has 0 amide bonds. The first-order chi connectivity index (χ1) is 9.87. The molecule has 0 saturated carbocycles. The average molecular weight is 303 g/mol. The number of rotatable bonds is 4. The SMILES string of the molecule is COc1c(C)cc(C(Cl)C(C)(C)c2ccccc2)cc1C. The van der Waals surface area contributed by atoms with Crippen LogP contribution in [0.3, 0.4) is 0 Å². The van der Waals surface area contributed by atoms with Crippen molar-refractivity contribution in [1.82, 2.24) is 0 Å². The molecule has 0 aliphatic heterocycles. The molecule has 2 aromatic rings.